The van der Waals surface area contributed by atoms with Crippen LogP contribution in [-0.2, 0) is 12.8 Å². The second kappa shape index (κ2) is 5.98. The molecule has 0 aliphatic heterocycles. The summed E-state index contributed by atoms with van der Waals surface area (Å²) in [6.07, 6.45) is 3.84. The molecule has 1 aromatic heterocycles. The maximum Gasteiger partial charge on any atom is 0.119 e. The van der Waals surface area contributed by atoms with Crippen molar-refractivity contribution in [1.82, 2.24) is 0 Å². The maximum absolute atomic E-state index is 10.6. The van der Waals surface area contributed by atoms with Crippen LogP contribution in [-0.4, -0.2) is 18.3 Å². The number of aryl methyl sites for hydroxylation is 1. The van der Waals surface area contributed by atoms with Crippen molar-refractivity contribution in [3.63, 3.8) is 0 Å². The molecule has 1 N–H and O–H groups in total. The average Bonchev–Trinajstić information content (AvgIpc) is 2.95. The molecule has 0 radical (unpaired) electrons. The Bertz CT molecular complexity index is 576. The Morgan fingerprint density at radius 3 is 3.15 bits per heavy atom. The van der Waals surface area contributed by atoms with Crippen molar-refractivity contribution in [3.8, 4) is 5.75 Å². The van der Waals surface area contributed by atoms with E-state index in [0.29, 0.717) is 6.42 Å². The molecule has 2 nitrogen and oxygen atoms in total. The summed E-state index contributed by atoms with van der Waals surface area (Å²) in [6, 6.07) is 10.2. The number of ether oxygens (including phenoxy) is 1. The molecule has 1 aliphatic rings. The highest BCUT2D eigenvalue weighted by atomic mass is 32.1. The van der Waals surface area contributed by atoms with Crippen molar-refractivity contribution in [2.45, 2.75) is 37.7 Å². The second-order valence-corrected chi connectivity index (χ2v) is 6.42. The van der Waals surface area contributed by atoms with Crippen LogP contribution in [0.25, 0.3) is 0 Å². The third-order valence-electron chi connectivity index (χ3n) is 4.14. The van der Waals surface area contributed by atoms with Gasteiger partial charge < -0.3 is 9.84 Å². The van der Waals surface area contributed by atoms with Crippen LogP contribution < -0.4 is 4.74 Å². The Morgan fingerprint density at radius 1 is 1.40 bits per heavy atom. The highest BCUT2D eigenvalue weighted by Gasteiger charge is 2.27. The smallest absolute Gasteiger partial charge is 0.119 e. The van der Waals surface area contributed by atoms with Gasteiger partial charge in [0.15, 0.2) is 0 Å². The average molecular weight is 288 g/mol. The van der Waals surface area contributed by atoms with Gasteiger partial charge in [-0.1, -0.05) is 12.1 Å². The number of fused-ring (bicyclic) bond motifs is 1. The molecule has 106 valence electrons. The Morgan fingerprint density at radius 2 is 2.30 bits per heavy atom. The normalized spacial score (nSPS) is 19.4. The predicted octanol–water partition coefficient (Wildman–Crippen LogP) is 3.78. The van der Waals surface area contributed by atoms with Gasteiger partial charge in [0.2, 0.25) is 0 Å². The molecular formula is C17H20O2S. The number of aliphatic hydroxyl groups is 1. The molecule has 2 atom stereocenters. The van der Waals surface area contributed by atoms with Gasteiger partial charge in [0.1, 0.15) is 5.75 Å². The van der Waals surface area contributed by atoms with Gasteiger partial charge in [-0.2, -0.15) is 0 Å². The number of methoxy groups -OCH3 is 1. The Labute approximate surface area is 124 Å². The zero-order valence-electron chi connectivity index (χ0n) is 11.7. The van der Waals surface area contributed by atoms with Gasteiger partial charge in [0, 0.05) is 10.8 Å². The summed E-state index contributed by atoms with van der Waals surface area (Å²) >= 11 is 1.83. The number of hydrogen-bond acceptors (Lipinski definition) is 3. The van der Waals surface area contributed by atoms with Crippen LogP contribution in [0.3, 0.4) is 0 Å². The summed E-state index contributed by atoms with van der Waals surface area (Å²) in [5, 5.41) is 12.8. The molecule has 20 heavy (non-hydrogen) atoms. The molecule has 0 saturated carbocycles. The van der Waals surface area contributed by atoms with Crippen LogP contribution in [0.4, 0.5) is 0 Å². The van der Waals surface area contributed by atoms with E-state index < -0.39 is 0 Å². The first kappa shape index (κ1) is 13.7. The fraction of sp³-hybridized carbons (Fsp3) is 0.412. The minimum atomic E-state index is -0.309. The fourth-order valence-electron chi connectivity index (χ4n) is 3.10. The minimum Gasteiger partial charge on any atom is -0.497 e. The Hall–Kier alpha value is -1.32. The van der Waals surface area contributed by atoms with Gasteiger partial charge >= 0.3 is 0 Å². The van der Waals surface area contributed by atoms with Crippen LogP contribution >= 0.6 is 11.3 Å². The van der Waals surface area contributed by atoms with Crippen molar-refractivity contribution in [2.75, 3.05) is 7.11 Å². The molecular weight excluding hydrogens is 268 g/mol. The van der Waals surface area contributed by atoms with Crippen LogP contribution in [0.5, 0.6) is 5.75 Å². The van der Waals surface area contributed by atoms with Gasteiger partial charge in [0.25, 0.3) is 0 Å². The van der Waals surface area contributed by atoms with Crippen LogP contribution in [0.2, 0.25) is 0 Å². The van der Waals surface area contributed by atoms with E-state index in [1.807, 2.05) is 29.5 Å². The van der Waals surface area contributed by atoms with E-state index in [0.717, 1.165) is 17.7 Å². The van der Waals surface area contributed by atoms with Crippen LogP contribution in [0, 0.1) is 0 Å². The Kier molecular flexibility index (Phi) is 4.08. The SMILES string of the molecule is COc1cccc(CC(O)C2CCCc3sccc32)c1. The van der Waals surface area contributed by atoms with Crippen molar-refractivity contribution >= 4 is 11.3 Å². The largest absolute Gasteiger partial charge is 0.497 e. The van der Waals surface area contributed by atoms with E-state index in [-0.39, 0.29) is 12.0 Å². The third kappa shape index (κ3) is 2.74. The monoisotopic (exact) mass is 288 g/mol. The topological polar surface area (TPSA) is 29.5 Å². The molecule has 3 rings (SSSR count). The standard InChI is InChI=1S/C17H20O2S/c1-19-13-5-2-4-12(10-13)11-16(18)14-6-3-7-17-15(14)8-9-20-17/h2,4-5,8-10,14,16,18H,3,6-7,11H2,1H3. The molecule has 0 saturated heterocycles. The number of rotatable bonds is 4. The van der Waals surface area contributed by atoms with Gasteiger partial charge in [-0.05, 0) is 60.4 Å². The lowest BCUT2D eigenvalue weighted by Gasteiger charge is -2.27. The summed E-state index contributed by atoms with van der Waals surface area (Å²) in [6.45, 7) is 0. The molecule has 0 bridgehead atoms. The van der Waals surface area contributed by atoms with Crippen molar-refractivity contribution < 1.29 is 9.84 Å². The lowest BCUT2D eigenvalue weighted by molar-refractivity contribution is 0.135. The van der Waals surface area contributed by atoms with E-state index in [1.165, 1.54) is 23.3 Å². The zero-order chi connectivity index (χ0) is 13.9. The summed E-state index contributed by atoms with van der Waals surface area (Å²) < 4.78 is 5.25. The molecule has 2 aromatic rings. The van der Waals surface area contributed by atoms with Crippen LogP contribution in [0.15, 0.2) is 35.7 Å². The van der Waals surface area contributed by atoms with E-state index in [4.69, 9.17) is 4.74 Å². The van der Waals surface area contributed by atoms with E-state index in [2.05, 4.69) is 17.5 Å². The lowest BCUT2D eigenvalue weighted by Crippen LogP contribution is -2.24. The van der Waals surface area contributed by atoms with E-state index >= 15 is 0 Å². The second-order valence-electron chi connectivity index (χ2n) is 5.42. The summed E-state index contributed by atoms with van der Waals surface area (Å²) in [4.78, 5) is 1.46. The van der Waals surface area contributed by atoms with E-state index in [1.54, 1.807) is 7.11 Å². The molecule has 0 fully saturated rings. The molecule has 1 aliphatic carbocycles. The van der Waals surface area contributed by atoms with Crippen LogP contribution in [0.1, 0.15) is 34.8 Å². The summed E-state index contributed by atoms with van der Waals surface area (Å²) in [5.74, 6) is 1.14. The number of benzene rings is 1. The number of aliphatic hydroxyl groups excluding tert-OH is 1. The molecule has 0 spiro atoms. The molecule has 3 heteroatoms. The fourth-order valence-corrected chi connectivity index (χ4v) is 4.10. The highest BCUT2D eigenvalue weighted by Crippen LogP contribution is 2.37. The molecule has 2 unspecified atom stereocenters. The van der Waals surface area contributed by atoms with Crippen molar-refractivity contribution in [1.29, 1.82) is 0 Å². The Balaban J connectivity index is 1.75. The van der Waals surface area contributed by atoms with Gasteiger partial charge in [-0.25, -0.2) is 0 Å². The molecule has 1 aromatic carbocycles. The third-order valence-corrected chi connectivity index (χ3v) is 5.14. The summed E-state index contributed by atoms with van der Waals surface area (Å²) in [7, 11) is 1.67. The van der Waals surface area contributed by atoms with Gasteiger partial charge in [0.05, 0.1) is 13.2 Å². The highest BCUT2D eigenvalue weighted by molar-refractivity contribution is 7.10. The molecule has 1 heterocycles. The molecule has 0 amide bonds. The quantitative estimate of drug-likeness (QED) is 0.927. The van der Waals surface area contributed by atoms with Gasteiger partial charge in [-0.15, -0.1) is 11.3 Å². The first-order valence-corrected chi connectivity index (χ1v) is 8.03. The van der Waals surface area contributed by atoms with Crippen molar-refractivity contribution in [3.05, 3.63) is 51.7 Å². The van der Waals surface area contributed by atoms with Gasteiger partial charge in [-0.3, -0.25) is 0 Å². The number of thiophene rings is 1. The lowest BCUT2D eigenvalue weighted by atomic mass is 9.82. The zero-order valence-corrected chi connectivity index (χ0v) is 12.5. The summed E-state index contributed by atoms with van der Waals surface area (Å²) in [5.41, 5.74) is 2.51. The minimum absolute atomic E-state index is 0.288. The predicted molar refractivity (Wildman–Crippen MR) is 82.7 cm³/mol. The first-order chi connectivity index (χ1) is 9.78. The number of hydrogen-bond donors (Lipinski definition) is 1. The van der Waals surface area contributed by atoms with E-state index in [9.17, 15) is 5.11 Å². The van der Waals surface area contributed by atoms with Crippen molar-refractivity contribution in [2.24, 2.45) is 0 Å². The first-order valence-electron chi connectivity index (χ1n) is 7.15. The maximum atomic E-state index is 10.6.